The highest BCUT2D eigenvalue weighted by molar-refractivity contribution is 7.80. The van der Waals surface area contributed by atoms with E-state index >= 15 is 0 Å². The molecule has 1 aromatic heterocycles. The molecule has 0 bridgehead atoms. The van der Waals surface area contributed by atoms with Gasteiger partial charge in [-0.25, -0.2) is 0 Å². The number of thiol groups is 1. The minimum Gasteiger partial charge on any atom is -0.338 e. The van der Waals surface area contributed by atoms with Crippen LogP contribution in [-0.4, -0.2) is 10.8 Å². The summed E-state index contributed by atoms with van der Waals surface area (Å²) in [5.41, 5.74) is 2.01. The monoisotopic (exact) mass is 190 g/mol. The van der Waals surface area contributed by atoms with Crippen molar-refractivity contribution in [1.29, 1.82) is 5.41 Å². The van der Waals surface area contributed by atoms with Crippen LogP contribution in [0.25, 0.3) is 10.9 Å². The molecule has 2 aromatic rings. The lowest BCUT2D eigenvalue weighted by atomic mass is 10.2. The van der Waals surface area contributed by atoms with Gasteiger partial charge in [0.25, 0.3) is 0 Å². The number of rotatable bonds is 1. The van der Waals surface area contributed by atoms with Crippen LogP contribution in [0.1, 0.15) is 5.56 Å². The first-order chi connectivity index (χ1) is 6.25. The zero-order valence-corrected chi connectivity index (χ0v) is 8.18. The minimum atomic E-state index is 0.844. The second-order valence-corrected chi connectivity index (χ2v) is 3.38. The van der Waals surface area contributed by atoms with Gasteiger partial charge < -0.3 is 9.98 Å². The number of nitrogens with one attached hydrogen (secondary N) is 1. The summed E-state index contributed by atoms with van der Waals surface area (Å²) in [6.45, 7) is 0. The first kappa shape index (κ1) is 8.38. The summed E-state index contributed by atoms with van der Waals surface area (Å²) in [6.07, 6.45) is 1.35. The van der Waals surface area contributed by atoms with E-state index in [9.17, 15) is 0 Å². The SMILES string of the molecule is Cn1c(S)c(C=N)c2ccccc21. The third-order valence-corrected chi connectivity index (χ3v) is 2.80. The molecule has 13 heavy (non-hydrogen) atoms. The van der Waals surface area contributed by atoms with E-state index in [1.165, 1.54) is 6.21 Å². The van der Waals surface area contributed by atoms with Crippen LogP contribution >= 0.6 is 12.6 Å². The highest BCUT2D eigenvalue weighted by Gasteiger charge is 2.08. The van der Waals surface area contributed by atoms with Crippen molar-refractivity contribution in [3.05, 3.63) is 29.8 Å². The van der Waals surface area contributed by atoms with Gasteiger partial charge in [-0.2, -0.15) is 0 Å². The van der Waals surface area contributed by atoms with E-state index < -0.39 is 0 Å². The molecule has 1 heterocycles. The summed E-state index contributed by atoms with van der Waals surface area (Å²) < 4.78 is 1.98. The van der Waals surface area contributed by atoms with Gasteiger partial charge in [-0.1, -0.05) is 18.2 Å². The predicted molar refractivity (Wildman–Crippen MR) is 58.1 cm³/mol. The lowest BCUT2D eigenvalue weighted by Gasteiger charge is -1.95. The van der Waals surface area contributed by atoms with Gasteiger partial charge in [0.15, 0.2) is 0 Å². The quantitative estimate of drug-likeness (QED) is 0.511. The van der Waals surface area contributed by atoms with Crippen molar-refractivity contribution in [1.82, 2.24) is 4.57 Å². The molecule has 3 heteroatoms. The highest BCUT2D eigenvalue weighted by Crippen LogP contribution is 2.25. The maximum absolute atomic E-state index is 7.29. The van der Waals surface area contributed by atoms with Gasteiger partial charge in [-0.15, -0.1) is 12.6 Å². The van der Waals surface area contributed by atoms with Gasteiger partial charge in [0.05, 0.1) is 5.03 Å². The fourth-order valence-corrected chi connectivity index (χ4v) is 1.84. The summed E-state index contributed by atoms with van der Waals surface area (Å²) >= 11 is 4.36. The van der Waals surface area contributed by atoms with Gasteiger partial charge in [0, 0.05) is 29.7 Å². The van der Waals surface area contributed by atoms with Crippen molar-refractivity contribution in [2.45, 2.75) is 5.03 Å². The van der Waals surface area contributed by atoms with Crippen LogP contribution in [0.5, 0.6) is 0 Å². The Labute approximate surface area is 82.1 Å². The average Bonchev–Trinajstić information content (AvgIpc) is 2.41. The normalized spacial score (nSPS) is 10.6. The second-order valence-electron chi connectivity index (χ2n) is 2.96. The van der Waals surface area contributed by atoms with Gasteiger partial charge in [-0.3, -0.25) is 0 Å². The van der Waals surface area contributed by atoms with Crippen LogP contribution in [-0.2, 0) is 7.05 Å². The average molecular weight is 190 g/mol. The number of aromatic nitrogens is 1. The number of para-hydroxylation sites is 1. The Hall–Kier alpha value is -1.22. The van der Waals surface area contributed by atoms with Gasteiger partial charge in [-0.05, 0) is 6.07 Å². The zero-order chi connectivity index (χ0) is 9.42. The summed E-state index contributed by atoms with van der Waals surface area (Å²) in [7, 11) is 1.96. The topological polar surface area (TPSA) is 28.8 Å². The summed E-state index contributed by atoms with van der Waals surface area (Å²) in [5, 5.41) is 9.22. The molecule has 1 N–H and O–H groups in total. The van der Waals surface area contributed by atoms with Crippen molar-refractivity contribution in [2.24, 2.45) is 7.05 Å². The highest BCUT2D eigenvalue weighted by atomic mass is 32.1. The molecule has 0 atom stereocenters. The van der Waals surface area contributed by atoms with E-state index in [1.807, 2.05) is 35.9 Å². The molecule has 0 saturated carbocycles. The van der Waals surface area contributed by atoms with Gasteiger partial charge in [0.1, 0.15) is 0 Å². The first-order valence-electron chi connectivity index (χ1n) is 4.02. The van der Waals surface area contributed by atoms with Crippen LogP contribution in [0.4, 0.5) is 0 Å². The molecule has 1 aromatic carbocycles. The molecule has 0 spiro atoms. The van der Waals surface area contributed by atoms with E-state index in [0.717, 1.165) is 21.5 Å². The van der Waals surface area contributed by atoms with Crippen LogP contribution in [0.3, 0.4) is 0 Å². The summed E-state index contributed by atoms with van der Waals surface area (Å²) in [5.74, 6) is 0. The van der Waals surface area contributed by atoms with E-state index in [1.54, 1.807) is 0 Å². The molecule has 0 aliphatic rings. The summed E-state index contributed by atoms with van der Waals surface area (Å²) in [6, 6.07) is 8.00. The number of aryl methyl sites for hydroxylation is 1. The zero-order valence-electron chi connectivity index (χ0n) is 7.28. The Morgan fingerprint density at radius 1 is 1.38 bits per heavy atom. The molecule has 0 fully saturated rings. The van der Waals surface area contributed by atoms with E-state index in [0.29, 0.717) is 0 Å². The van der Waals surface area contributed by atoms with Crippen LogP contribution in [0, 0.1) is 5.41 Å². The lowest BCUT2D eigenvalue weighted by molar-refractivity contribution is 0.864. The Morgan fingerprint density at radius 2 is 2.08 bits per heavy atom. The van der Waals surface area contributed by atoms with E-state index in [2.05, 4.69) is 12.6 Å². The van der Waals surface area contributed by atoms with Crippen LogP contribution < -0.4 is 0 Å². The Bertz CT molecular complexity index is 471. The third kappa shape index (κ3) is 1.08. The lowest BCUT2D eigenvalue weighted by Crippen LogP contribution is -1.87. The number of nitrogens with zero attached hydrogens (tertiary/aromatic N) is 1. The molecule has 0 amide bonds. The number of benzene rings is 1. The molecule has 0 aliphatic carbocycles. The molecular formula is C10H10N2S. The van der Waals surface area contributed by atoms with Crippen LogP contribution in [0.2, 0.25) is 0 Å². The molecule has 0 saturated heterocycles. The number of fused-ring (bicyclic) bond motifs is 1. The van der Waals surface area contributed by atoms with E-state index in [4.69, 9.17) is 5.41 Å². The Kier molecular flexibility index (Phi) is 1.88. The Morgan fingerprint density at radius 3 is 2.77 bits per heavy atom. The standard InChI is InChI=1S/C10H10N2S/c1-12-9-5-3-2-4-7(9)8(6-11)10(12)13/h2-6,11,13H,1H3. The first-order valence-corrected chi connectivity index (χ1v) is 4.47. The molecule has 2 nitrogen and oxygen atoms in total. The summed E-state index contributed by atoms with van der Waals surface area (Å²) in [4.78, 5) is 0. The van der Waals surface area contributed by atoms with Crippen molar-refractivity contribution in [3.63, 3.8) is 0 Å². The molecule has 0 aliphatic heterocycles. The van der Waals surface area contributed by atoms with Gasteiger partial charge in [0.2, 0.25) is 0 Å². The molecule has 0 radical (unpaired) electrons. The molecular weight excluding hydrogens is 180 g/mol. The fraction of sp³-hybridized carbons (Fsp3) is 0.100. The largest absolute Gasteiger partial charge is 0.338 e. The third-order valence-electron chi connectivity index (χ3n) is 2.26. The Balaban J connectivity index is 2.98. The number of hydrogen-bond acceptors (Lipinski definition) is 2. The fourth-order valence-electron chi connectivity index (χ4n) is 1.55. The number of hydrogen-bond donors (Lipinski definition) is 2. The molecule has 0 unspecified atom stereocenters. The van der Waals surface area contributed by atoms with Crippen molar-refractivity contribution < 1.29 is 0 Å². The van der Waals surface area contributed by atoms with Crippen molar-refractivity contribution in [3.8, 4) is 0 Å². The minimum absolute atomic E-state index is 0.844. The van der Waals surface area contributed by atoms with Gasteiger partial charge >= 0.3 is 0 Å². The van der Waals surface area contributed by atoms with Crippen LogP contribution in [0.15, 0.2) is 29.3 Å². The predicted octanol–water partition coefficient (Wildman–Crippen LogP) is 2.46. The maximum atomic E-state index is 7.29. The molecule has 2 rings (SSSR count). The van der Waals surface area contributed by atoms with Crippen molar-refractivity contribution in [2.75, 3.05) is 0 Å². The second kappa shape index (κ2) is 2.92. The van der Waals surface area contributed by atoms with E-state index in [-0.39, 0.29) is 0 Å². The smallest absolute Gasteiger partial charge is 0.0814 e. The molecule has 66 valence electrons. The maximum Gasteiger partial charge on any atom is 0.0814 e. The van der Waals surface area contributed by atoms with Crippen molar-refractivity contribution >= 4 is 29.7 Å².